The first-order chi connectivity index (χ1) is 11.3. The number of nitrogens with zero attached hydrogens (tertiary/aromatic N) is 4. The van der Waals surface area contributed by atoms with Crippen LogP contribution in [0.1, 0.15) is 36.5 Å². The Bertz CT molecular complexity index is 652. The summed E-state index contributed by atoms with van der Waals surface area (Å²) in [5, 5.41) is 7.16. The van der Waals surface area contributed by atoms with Crippen LogP contribution in [-0.4, -0.2) is 40.6 Å². The second kappa shape index (κ2) is 7.26. The smallest absolute Gasteiger partial charge is 0.248 e. The minimum Gasteiger partial charge on any atom is -0.357 e. The van der Waals surface area contributed by atoms with E-state index in [0.717, 1.165) is 32.0 Å². The van der Waals surface area contributed by atoms with Crippen LogP contribution in [0.25, 0.3) is 0 Å². The molecule has 1 aliphatic rings. The molecule has 0 aliphatic carbocycles. The van der Waals surface area contributed by atoms with E-state index in [1.807, 2.05) is 6.92 Å². The molecule has 6 nitrogen and oxygen atoms in total. The first-order valence-corrected chi connectivity index (χ1v) is 8.13. The highest BCUT2D eigenvalue weighted by Crippen LogP contribution is 2.26. The molecule has 1 atom stereocenters. The van der Waals surface area contributed by atoms with Gasteiger partial charge in [-0.2, -0.15) is 4.98 Å². The molecule has 0 saturated carbocycles. The third-order valence-electron chi connectivity index (χ3n) is 4.03. The Kier molecular flexibility index (Phi) is 4.90. The number of hydrogen-bond acceptors (Lipinski definition) is 4. The van der Waals surface area contributed by atoms with E-state index in [4.69, 9.17) is 4.52 Å². The molecule has 1 N–H and O–H groups in total. The third-order valence-corrected chi connectivity index (χ3v) is 4.03. The third kappa shape index (κ3) is 3.88. The van der Waals surface area contributed by atoms with Crippen molar-refractivity contribution >= 4 is 5.96 Å². The van der Waals surface area contributed by atoms with Crippen LogP contribution in [0.3, 0.4) is 0 Å². The van der Waals surface area contributed by atoms with E-state index in [1.54, 1.807) is 0 Å². The molecule has 3 rings (SSSR count). The van der Waals surface area contributed by atoms with Crippen molar-refractivity contribution in [2.24, 2.45) is 4.99 Å². The van der Waals surface area contributed by atoms with Crippen LogP contribution in [0, 0.1) is 6.92 Å². The zero-order chi connectivity index (χ0) is 16.1. The molecule has 2 heterocycles. The Morgan fingerprint density at radius 1 is 1.39 bits per heavy atom. The van der Waals surface area contributed by atoms with Crippen molar-refractivity contribution in [3.05, 3.63) is 47.6 Å². The lowest BCUT2D eigenvalue weighted by molar-refractivity contribution is 0.375. The molecule has 0 amide bonds. The van der Waals surface area contributed by atoms with Crippen LogP contribution >= 0.6 is 0 Å². The average molecular weight is 313 g/mol. The van der Waals surface area contributed by atoms with Gasteiger partial charge in [-0.3, -0.25) is 0 Å². The van der Waals surface area contributed by atoms with Crippen LogP contribution in [0.2, 0.25) is 0 Å². The van der Waals surface area contributed by atoms with E-state index >= 15 is 0 Å². The second-order valence-corrected chi connectivity index (χ2v) is 5.75. The van der Waals surface area contributed by atoms with Crippen LogP contribution < -0.4 is 5.32 Å². The Morgan fingerprint density at radius 3 is 2.91 bits per heavy atom. The van der Waals surface area contributed by atoms with Gasteiger partial charge in [0.05, 0.1) is 0 Å². The van der Waals surface area contributed by atoms with Gasteiger partial charge < -0.3 is 14.7 Å². The molecule has 0 bridgehead atoms. The number of aryl methyl sites for hydroxylation is 1. The monoisotopic (exact) mass is 313 g/mol. The van der Waals surface area contributed by atoms with Crippen molar-refractivity contribution in [2.75, 3.05) is 19.6 Å². The van der Waals surface area contributed by atoms with Gasteiger partial charge in [0.25, 0.3) is 0 Å². The summed E-state index contributed by atoms with van der Waals surface area (Å²) in [5.74, 6) is 2.68. The minimum absolute atomic E-state index is 0.412. The van der Waals surface area contributed by atoms with Crippen molar-refractivity contribution in [3.63, 3.8) is 0 Å². The van der Waals surface area contributed by atoms with Crippen molar-refractivity contribution in [1.82, 2.24) is 20.4 Å². The number of benzene rings is 1. The Labute approximate surface area is 136 Å². The van der Waals surface area contributed by atoms with Crippen molar-refractivity contribution in [2.45, 2.75) is 32.7 Å². The standard InChI is InChI=1S/C17H23N5O/c1-3-18-17(19-11-16-20-13(2)21-23-16)22-10-9-15(12-22)14-7-5-4-6-8-14/h4-8,15H,3,9-12H2,1-2H3,(H,18,19). The van der Waals surface area contributed by atoms with E-state index in [-0.39, 0.29) is 0 Å². The molecular formula is C17H23N5O. The fourth-order valence-corrected chi connectivity index (χ4v) is 2.92. The quantitative estimate of drug-likeness (QED) is 0.693. The topological polar surface area (TPSA) is 66.5 Å². The van der Waals surface area contributed by atoms with Gasteiger partial charge in [-0.15, -0.1) is 0 Å². The summed E-state index contributed by atoms with van der Waals surface area (Å²) in [6.07, 6.45) is 1.15. The van der Waals surface area contributed by atoms with E-state index < -0.39 is 0 Å². The van der Waals surface area contributed by atoms with Crippen LogP contribution in [-0.2, 0) is 6.54 Å². The Balaban J connectivity index is 1.67. The lowest BCUT2D eigenvalue weighted by Crippen LogP contribution is -2.40. The van der Waals surface area contributed by atoms with Gasteiger partial charge in [0.15, 0.2) is 11.8 Å². The molecule has 122 valence electrons. The number of hydrogen-bond donors (Lipinski definition) is 1. The molecule has 1 saturated heterocycles. The van der Waals surface area contributed by atoms with Gasteiger partial charge in [-0.25, -0.2) is 4.99 Å². The predicted molar refractivity (Wildman–Crippen MR) is 89.2 cm³/mol. The predicted octanol–water partition coefficient (Wildman–Crippen LogP) is 2.33. The molecule has 1 aromatic heterocycles. The zero-order valence-corrected chi connectivity index (χ0v) is 13.7. The van der Waals surface area contributed by atoms with Gasteiger partial charge in [0.2, 0.25) is 5.89 Å². The van der Waals surface area contributed by atoms with Gasteiger partial charge in [-0.05, 0) is 25.8 Å². The normalized spacial score (nSPS) is 18.4. The molecule has 2 aromatic rings. The van der Waals surface area contributed by atoms with Crippen molar-refractivity contribution in [3.8, 4) is 0 Å². The molecule has 23 heavy (non-hydrogen) atoms. The van der Waals surface area contributed by atoms with Gasteiger partial charge >= 0.3 is 0 Å². The molecule has 1 unspecified atom stereocenters. The largest absolute Gasteiger partial charge is 0.357 e. The highest BCUT2D eigenvalue weighted by Gasteiger charge is 2.25. The lowest BCUT2D eigenvalue weighted by Gasteiger charge is -2.21. The molecule has 1 aromatic carbocycles. The first-order valence-electron chi connectivity index (χ1n) is 8.13. The van der Waals surface area contributed by atoms with Crippen molar-refractivity contribution in [1.29, 1.82) is 0 Å². The average Bonchev–Trinajstić information content (AvgIpc) is 3.21. The number of guanidine groups is 1. The minimum atomic E-state index is 0.412. The van der Waals surface area contributed by atoms with Crippen LogP contribution in [0.4, 0.5) is 0 Å². The summed E-state index contributed by atoms with van der Waals surface area (Å²) in [6.45, 7) is 7.14. The number of aliphatic imine (C=N–C) groups is 1. The lowest BCUT2D eigenvalue weighted by atomic mass is 9.99. The molecule has 0 radical (unpaired) electrons. The zero-order valence-electron chi connectivity index (χ0n) is 13.7. The fourth-order valence-electron chi connectivity index (χ4n) is 2.92. The summed E-state index contributed by atoms with van der Waals surface area (Å²) >= 11 is 0. The number of likely N-dealkylation sites (tertiary alicyclic amines) is 1. The Morgan fingerprint density at radius 2 is 2.22 bits per heavy atom. The summed E-state index contributed by atoms with van der Waals surface area (Å²) in [6, 6.07) is 10.7. The van der Waals surface area contributed by atoms with E-state index in [9.17, 15) is 0 Å². The maximum atomic E-state index is 5.13. The highest BCUT2D eigenvalue weighted by molar-refractivity contribution is 5.80. The van der Waals surface area contributed by atoms with Crippen molar-refractivity contribution < 1.29 is 4.52 Å². The first kappa shape index (κ1) is 15.5. The van der Waals surface area contributed by atoms with E-state index in [0.29, 0.717) is 24.2 Å². The maximum Gasteiger partial charge on any atom is 0.248 e. The summed E-state index contributed by atoms with van der Waals surface area (Å²) in [7, 11) is 0. The van der Waals surface area contributed by atoms with Crippen LogP contribution in [0.15, 0.2) is 39.8 Å². The number of nitrogens with one attached hydrogen (secondary N) is 1. The van der Waals surface area contributed by atoms with E-state index in [1.165, 1.54) is 5.56 Å². The molecule has 1 aliphatic heterocycles. The van der Waals surface area contributed by atoms with E-state index in [2.05, 4.69) is 62.6 Å². The van der Waals surface area contributed by atoms with Gasteiger partial charge in [-0.1, -0.05) is 35.5 Å². The summed E-state index contributed by atoms with van der Waals surface area (Å²) in [4.78, 5) is 11.2. The second-order valence-electron chi connectivity index (χ2n) is 5.75. The van der Waals surface area contributed by atoms with Gasteiger partial charge in [0, 0.05) is 25.6 Å². The maximum absolute atomic E-state index is 5.13. The number of rotatable bonds is 4. The summed E-state index contributed by atoms with van der Waals surface area (Å²) < 4.78 is 5.13. The van der Waals surface area contributed by atoms with Crippen LogP contribution in [0.5, 0.6) is 0 Å². The fraction of sp³-hybridized carbons (Fsp3) is 0.471. The molecule has 1 fully saturated rings. The van der Waals surface area contributed by atoms with Gasteiger partial charge in [0.1, 0.15) is 6.54 Å². The SMILES string of the molecule is CCNC(=NCc1nc(C)no1)N1CCC(c2ccccc2)C1. The molecule has 0 spiro atoms. The Hall–Kier alpha value is -2.37. The summed E-state index contributed by atoms with van der Waals surface area (Å²) in [5.41, 5.74) is 1.40. The molecular weight excluding hydrogens is 290 g/mol. The highest BCUT2D eigenvalue weighted by atomic mass is 16.5. The number of aromatic nitrogens is 2. The molecule has 6 heteroatoms.